The zero-order valence-corrected chi connectivity index (χ0v) is 16.4. The Kier molecular flexibility index (Phi) is 5.14. The minimum atomic E-state index is -1.30. The summed E-state index contributed by atoms with van der Waals surface area (Å²) in [6.45, 7) is 6.36. The number of carbonyl (C=O) groups excluding carboxylic acids is 3. The number of hydrogen-bond donors (Lipinski definition) is 1. The van der Waals surface area contributed by atoms with Crippen molar-refractivity contribution >= 4 is 34.5 Å². The number of anilines is 1. The van der Waals surface area contributed by atoms with Crippen molar-refractivity contribution in [1.82, 2.24) is 9.47 Å². The number of likely N-dealkylation sites (tertiary alicyclic amines) is 1. The summed E-state index contributed by atoms with van der Waals surface area (Å²) >= 11 is 0. The molecule has 150 valence electrons. The molecular formula is C20H24FN3O4. The molecule has 28 heavy (non-hydrogen) atoms. The fraction of sp³-hybridized carbons (Fsp3) is 0.450. The van der Waals surface area contributed by atoms with E-state index in [0.717, 1.165) is 4.90 Å². The standard InChI is InChI=1S/C20H24FN3O4/c1-12(25)23-11-15(14-7-5-6-8-16(14)23)22-18(26)17-9-13(21)10-24(17)19(27)28-20(2,3)4/h5-8,11,13,17H,9-10H2,1-4H3,(H,22,26). The van der Waals surface area contributed by atoms with Crippen molar-refractivity contribution in [2.75, 3.05) is 11.9 Å². The molecule has 2 unspecified atom stereocenters. The van der Waals surface area contributed by atoms with E-state index in [-0.39, 0.29) is 18.9 Å². The molecule has 1 aromatic heterocycles. The summed E-state index contributed by atoms with van der Waals surface area (Å²) in [4.78, 5) is 38.2. The van der Waals surface area contributed by atoms with E-state index < -0.39 is 29.8 Å². The summed E-state index contributed by atoms with van der Waals surface area (Å²) in [7, 11) is 0. The molecule has 2 amide bonds. The summed E-state index contributed by atoms with van der Waals surface area (Å²) in [5, 5.41) is 3.43. The first kappa shape index (κ1) is 19.9. The lowest BCUT2D eigenvalue weighted by molar-refractivity contribution is -0.120. The largest absolute Gasteiger partial charge is 0.444 e. The van der Waals surface area contributed by atoms with E-state index in [2.05, 4.69) is 5.32 Å². The van der Waals surface area contributed by atoms with Crippen molar-refractivity contribution in [1.29, 1.82) is 0 Å². The van der Waals surface area contributed by atoms with Crippen LogP contribution in [0.5, 0.6) is 0 Å². The Labute approximate surface area is 162 Å². The molecule has 0 bridgehead atoms. The van der Waals surface area contributed by atoms with Gasteiger partial charge in [-0.25, -0.2) is 9.18 Å². The van der Waals surface area contributed by atoms with Gasteiger partial charge in [0, 0.05) is 24.9 Å². The van der Waals surface area contributed by atoms with Crippen LogP contribution in [0.25, 0.3) is 10.9 Å². The Bertz CT molecular complexity index is 931. The lowest BCUT2D eigenvalue weighted by atomic mass is 10.2. The quantitative estimate of drug-likeness (QED) is 0.851. The van der Waals surface area contributed by atoms with Gasteiger partial charge in [-0.15, -0.1) is 0 Å². The molecular weight excluding hydrogens is 365 g/mol. The summed E-state index contributed by atoms with van der Waals surface area (Å²) in [5.74, 6) is -0.714. The summed E-state index contributed by atoms with van der Waals surface area (Å²) in [5.41, 5.74) is 0.341. The monoisotopic (exact) mass is 389 g/mol. The molecule has 2 aromatic rings. The smallest absolute Gasteiger partial charge is 0.411 e. The maximum atomic E-state index is 14.0. The molecule has 1 aliphatic rings. The van der Waals surface area contributed by atoms with Crippen LogP contribution in [0.3, 0.4) is 0 Å². The molecule has 7 nitrogen and oxygen atoms in total. The first-order chi connectivity index (χ1) is 13.1. The molecule has 1 saturated heterocycles. The van der Waals surface area contributed by atoms with Gasteiger partial charge in [-0.2, -0.15) is 0 Å². The van der Waals surface area contributed by atoms with E-state index in [1.54, 1.807) is 45.0 Å². The lowest BCUT2D eigenvalue weighted by Gasteiger charge is -2.27. The van der Waals surface area contributed by atoms with Crippen molar-refractivity contribution in [3.8, 4) is 0 Å². The van der Waals surface area contributed by atoms with Crippen LogP contribution < -0.4 is 5.32 Å². The number of amides is 2. The zero-order chi connectivity index (χ0) is 20.6. The van der Waals surface area contributed by atoms with Crippen LogP contribution in [0.2, 0.25) is 0 Å². The lowest BCUT2D eigenvalue weighted by Crippen LogP contribution is -2.45. The van der Waals surface area contributed by atoms with Gasteiger partial charge < -0.3 is 10.1 Å². The predicted molar refractivity (Wildman–Crippen MR) is 103 cm³/mol. The second kappa shape index (κ2) is 7.26. The molecule has 0 spiro atoms. The van der Waals surface area contributed by atoms with E-state index >= 15 is 0 Å². The number of alkyl halides is 1. The summed E-state index contributed by atoms with van der Waals surface area (Å²) in [6.07, 6.45) is -0.595. The first-order valence-corrected chi connectivity index (χ1v) is 9.12. The van der Waals surface area contributed by atoms with Gasteiger partial charge in [-0.05, 0) is 26.8 Å². The minimum Gasteiger partial charge on any atom is -0.444 e. The minimum absolute atomic E-state index is 0.101. The van der Waals surface area contributed by atoms with Gasteiger partial charge in [0.25, 0.3) is 0 Å². The number of benzene rings is 1. The van der Waals surface area contributed by atoms with Crippen LogP contribution in [0, 0.1) is 0 Å². The maximum absolute atomic E-state index is 14.0. The van der Waals surface area contributed by atoms with Crippen LogP contribution in [0.15, 0.2) is 30.5 Å². The van der Waals surface area contributed by atoms with Gasteiger partial charge >= 0.3 is 6.09 Å². The molecule has 1 aliphatic heterocycles. The Morgan fingerprint density at radius 1 is 1.21 bits per heavy atom. The molecule has 0 saturated carbocycles. The average molecular weight is 389 g/mol. The van der Waals surface area contributed by atoms with Crippen LogP contribution in [0.1, 0.15) is 38.9 Å². The molecule has 2 heterocycles. The average Bonchev–Trinajstić information content (AvgIpc) is 3.15. The van der Waals surface area contributed by atoms with E-state index in [4.69, 9.17) is 4.74 Å². The molecule has 0 aliphatic carbocycles. The number of carbonyl (C=O) groups is 3. The zero-order valence-electron chi connectivity index (χ0n) is 16.4. The third-order valence-electron chi connectivity index (χ3n) is 4.49. The summed E-state index contributed by atoms with van der Waals surface area (Å²) in [6, 6.07) is 6.16. The number of ether oxygens (including phenoxy) is 1. The second-order valence-corrected chi connectivity index (χ2v) is 7.92. The number of nitrogens with one attached hydrogen (secondary N) is 1. The van der Waals surface area contributed by atoms with Gasteiger partial charge in [-0.3, -0.25) is 19.1 Å². The van der Waals surface area contributed by atoms with Crippen molar-refractivity contribution in [2.45, 2.75) is 51.9 Å². The van der Waals surface area contributed by atoms with Gasteiger partial charge in [0.2, 0.25) is 11.8 Å². The van der Waals surface area contributed by atoms with Gasteiger partial charge in [0.05, 0.1) is 17.7 Å². The van der Waals surface area contributed by atoms with Crippen molar-refractivity contribution in [3.63, 3.8) is 0 Å². The van der Waals surface area contributed by atoms with E-state index in [1.165, 1.54) is 17.7 Å². The van der Waals surface area contributed by atoms with Crippen LogP contribution >= 0.6 is 0 Å². The summed E-state index contributed by atoms with van der Waals surface area (Å²) < 4.78 is 20.7. The topological polar surface area (TPSA) is 80.6 Å². The SMILES string of the molecule is CC(=O)n1cc(NC(=O)C2CC(F)CN2C(=O)OC(C)(C)C)c2ccccc21. The predicted octanol–water partition coefficient (Wildman–Crippen LogP) is 3.59. The van der Waals surface area contributed by atoms with Gasteiger partial charge in [0.15, 0.2) is 0 Å². The Morgan fingerprint density at radius 2 is 1.89 bits per heavy atom. The fourth-order valence-electron chi connectivity index (χ4n) is 3.31. The number of hydrogen-bond acceptors (Lipinski definition) is 4. The number of halogens is 1. The van der Waals surface area contributed by atoms with Crippen molar-refractivity contribution in [3.05, 3.63) is 30.5 Å². The van der Waals surface area contributed by atoms with E-state index in [0.29, 0.717) is 16.6 Å². The molecule has 3 rings (SSSR count). The highest BCUT2D eigenvalue weighted by atomic mass is 19.1. The normalized spacial score (nSPS) is 19.7. The Balaban J connectivity index is 1.85. The Hall–Kier alpha value is -2.90. The molecule has 1 N–H and O–H groups in total. The molecule has 2 atom stereocenters. The third-order valence-corrected chi connectivity index (χ3v) is 4.49. The van der Waals surface area contributed by atoms with Crippen LogP contribution in [-0.4, -0.2) is 51.7 Å². The molecule has 8 heteroatoms. The number of para-hydroxylation sites is 1. The van der Waals surface area contributed by atoms with E-state index in [1.807, 2.05) is 0 Å². The molecule has 1 fully saturated rings. The third kappa shape index (κ3) is 4.00. The van der Waals surface area contributed by atoms with Crippen molar-refractivity contribution in [2.24, 2.45) is 0 Å². The number of fused-ring (bicyclic) bond motifs is 1. The number of rotatable bonds is 2. The van der Waals surface area contributed by atoms with Crippen LogP contribution in [0.4, 0.5) is 14.9 Å². The number of nitrogens with zero attached hydrogens (tertiary/aromatic N) is 2. The number of aromatic nitrogens is 1. The van der Waals surface area contributed by atoms with Gasteiger partial charge in [0.1, 0.15) is 17.8 Å². The highest BCUT2D eigenvalue weighted by Crippen LogP contribution is 2.28. The van der Waals surface area contributed by atoms with E-state index in [9.17, 15) is 18.8 Å². The molecule has 0 radical (unpaired) electrons. The van der Waals surface area contributed by atoms with Gasteiger partial charge in [-0.1, -0.05) is 18.2 Å². The fourth-order valence-corrected chi connectivity index (χ4v) is 3.31. The molecule has 1 aromatic carbocycles. The maximum Gasteiger partial charge on any atom is 0.411 e. The Morgan fingerprint density at radius 3 is 2.54 bits per heavy atom. The van der Waals surface area contributed by atoms with Crippen molar-refractivity contribution < 1.29 is 23.5 Å². The second-order valence-electron chi connectivity index (χ2n) is 7.92. The highest BCUT2D eigenvalue weighted by molar-refractivity contribution is 6.06. The van der Waals surface area contributed by atoms with Crippen LogP contribution in [-0.2, 0) is 9.53 Å². The highest BCUT2D eigenvalue weighted by Gasteiger charge is 2.42. The first-order valence-electron chi connectivity index (χ1n) is 9.12.